The van der Waals surface area contributed by atoms with Crippen LogP contribution in [-0.2, 0) is 25.5 Å². The number of rotatable bonds is 5. The predicted octanol–water partition coefficient (Wildman–Crippen LogP) is 2.12. The highest BCUT2D eigenvalue weighted by Crippen LogP contribution is 2.28. The van der Waals surface area contributed by atoms with Gasteiger partial charge in [0, 0.05) is 58.6 Å². The summed E-state index contributed by atoms with van der Waals surface area (Å²) in [4.78, 5) is 29.3. The maximum absolute atomic E-state index is 12.7. The maximum Gasteiger partial charge on any atom is 0.248 e. The lowest BCUT2D eigenvalue weighted by Gasteiger charge is -2.26. The smallest absolute Gasteiger partial charge is 0.248 e. The van der Waals surface area contributed by atoms with Gasteiger partial charge < -0.3 is 34.3 Å². The Bertz CT molecular complexity index is 996. The fraction of sp³-hybridized carbons (Fsp3) is 0.542. The molecule has 1 amide bonds. The topological polar surface area (TPSA) is 104 Å². The molecule has 1 aromatic heterocycles. The molecule has 34 heavy (non-hydrogen) atoms. The molecule has 184 valence electrons. The fourth-order valence-corrected chi connectivity index (χ4v) is 4.16. The number of methoxy groups -OCH3 is 1. The van der Waals surface area contributed by atoms with Crippen LogP contribution in [0.1, 0.15) is 30.4 Å². The molecule has 1 aliphatic carbocycles. The van der Waals surface area contributed by atoms with Crippen LogP contribution in [0.5, 0.6) is 0 Å². The number of aliphatic imine (C=N–C) groups is 2. The number of ether oxygens (including phenoxy) is 3. The van der Waals surface area contributed by atoms with E-state index in [9.17, 15) is 4.79 Å². The van der Waals surface area contributed by atoms with E-state index in [0.29, 0.717) is 37.8 Å². The highest BCUT2D eigenvalue weighted by Gasteiger charge is 2.26. The summed E-state index contributed by atoms with van der Waals surface area (Å²) in [5, 5.41) is 3.18. The number of carbonyl (C=O) groups excluding carboxylic acids is 1. The number of aromatic nitrogens is 1. The number of allylic oxidation sites excluding steroid dienone is 2. The molecule has 2 bridgehead atoms. The van der Waals surface area contributed by atoms with Crippen molar-refractivity contribution in [2.24, 2.45) is 9.98 Å². The molecular formula is C24H34N6O4. The lowest BCUT2D eigenvalue weighted by Crippen LogP contribution is -2.35. The van der Waals surface area contributed by atoms with Crippen molar-refractivity contribution in [1.82, 2.24) is 14.8 Å². The van der Waals surface area contributed by atoms with Crippen LogP contribution in [0, 0.1) is 0 Å². The molecule has 4 rings (SSSR count). The molecule has 0 spiro atoms. The van der Waals surface area contributed by atoms with Crippen LogP contribution in [0.2, 0.25) is 0 Å². The Labute approximate surface area is 200 Å². The number of fused-ring (bicyclic) bond motifs is 2. The number of nitrogens with one attached hydrogen (secondary N) is 2. The van der Waals surface area contributed by atoms with Crippen molar-refractivity contribution in [2.75, 3.05) is 59.4 Å². The Kier molecular flexibility index (Phi) is 8.15. The lowest BCUT2D eigenvalue weighted by atomic mass is 10.1. The first-order valence-corrected chi connectivity index (χ1v) is 11.7. The van der Waals surface area contributed by atoms with Gasteiger partial charge >= 0.3 is 0 Å². The van der Waals surface area contributed by atoms with E-state index in [1.165, 1.54) is 0 Å². The summed E-state index contributed by atoms with van der Waals surface area (Å²) in [6.07, 6.45) is 9.22. The summed E-state index contributed by atoms with van der Waals surface area (Å²) in [6, 6.07) is 0. The number of hydrogen-bond donors (Lipinski definition) is 2. The zero-order valence-corrected chi connectivity index (χ0v) is 20.2. The van der Waals surface area contributed by atoms with E-state index in [0.717, 1.165) is 48.6 Å². The van der Waals surface area contributed by atoms with E-state index in [1.54, 1.807) is 18.3 Å². The number of aromatic amines is 1. The number of amides is 1. The first-order valence-electron chi connectivity index (χ1n) is 11.7. The number of hydrogen-bond acceptors (Lipinski definition) is 8. The minimum atomic E-state index is -0.390. The van der Waals surface area contributed by atoms with E-state index in [-0.39, 0.29) is 18.6 Å². The van der Waals surface area contributed by atoms with Crippen molar-refractivity contribution in [3.63, 3.8) is 0 Å². The molecule has 3 heterocycles. The number of carbonyl (C=O) groups is 1. The number of amidine groups is 1. The normalized spacial score (nSPS) is 23.4. The van der Waals surface area contributed by atoms with E-state index in [1.807, 2.05) is 25.4 Å². The van der Waals surface area contributed by atoms with Crippen LogP contribution >= 0.6 is 0 Å². The molecule has 2 N–H and O–H groups in total. The van der Waals surface area contributed by atoms with Gasteiger partial charge in [0.1, 0.15) is 24.3 Å². The lowest BCUT2D eigenvalue weighted by molar-refractivity contribution is -0.137. The molecule has 10 heteroatoms. The number of likely N-dealkylation sites (N-methyl/N-ethyl adjacent to an activating group) is 1. The van der Waals surface area contributed by atoms with Crippen molar-refractivity contribution < 1.29 is 19.0 Å². The molecule has 1 atom stereocenters. The van der Waals surface area contributed by atoms with Crippen molar-refractivity contribution in [3.8, 4) is 0 Å². The van der Waals surface area contributed by atoms with Gasteiger partial charge in [-0.15, -0.1) is 0 Å². The second kappa shape index (κ2) is 11.5. The van der Waals surface area contributed by atoms with Gasteiger partial charge in [-0.05, 0) is 37.7 Å². The second-order valence-electron chi connectivity index (χ2n) is 8.73. The van der Waals surface area contributed by atoms with E-state index < -0.39 is 0 Å². The van der Waals surface area contributed by atoms with Gasteiger partial charge in [-0.3, -0.25) is 4.79 Å². The van der Waals surface area contributed by atoms with E-state index >= 15 is 0 Å². The van der Waals surface area contributed by atoms with Gasteiger partial charge in [-0.2, -0.15) is 0 Å². The van der Waals surface area contributed by atoms with Gasteiger partial charge in [0.2, 0.25) is 5.91 Å². The van der Waals surface area contributed by atoms with Crippen LogP contribution in [0.25, 0.3) is 0 Å². The standard InChI is InChI=1S/C24H34N6O4/c1-29-8-4-9-30(2)21(31)15-34-20-12-18(6-7-19(20)33-11-5-10-32-3)28-24-22-17(14-29)13-25-23(22)26-16-27-24/h6-7,13,16,20H,4-5,8-12,14-15H2,1-3H3,(H2,25,26,27,28). The first kappa shape index (κ1) is 24.2. The van der Waals surface area contributed by atoms with Gasteiger partial charge in [0.25, 0.3) is 0 Å². The van der Waals surface area contributed by atoms with Crippen LogP contribution in [-0.4, -0.2) is 93.1 Å². The average Bonchev–Trinajstić information content (AvgIpc) is 3.24. The predicted molar refractivity (Wildman–Crippen MR) is 131 cm³/mol. The molecule has 0 saturated heterocycles. The third-order valence-corrected chi connectivity index (χ3v) is 6.05. The highest BCUT2D eigenvalue weighted by molar-refractivity contribution is 6.13. The molecule has 1 unspecified atom stereocenters. The van der Waals surface area contributed by atoms with E-state index in [4.69, 9.17) is 19.2 Å². The van der Waals surface area contributed by atoms with Crippen molar-refractivity contribution in [3.05, 3.63) is 40.9 Å². The van der Waals surface area contributed by atoms with Crippen LogP contribution in [0.15, 0.2) is 39.8 Å². The average molecular weight is 471 g/mol. The molecule has 0 fully saturated rings. The third-order valence-electron chi connectivity index (χ3n) is 6.05. The largest absolute Gasteiger partial charge is 0.495 e. The quantitative estimate of drug-likeness (QED) is 0.639. The summed E-state index contributed by atoms with van der Waals surface area (Å²) < 4.78 is 17.1. The molecule has 2 aliphatic heterocycles. The number of nitrogens with zero attached hydrogens (tertiary/aromatic N) is 4. The summed E-state index contributed by atoms with van der Waals surface area (Å²) in [6.45, 7) is 3.42. The third kappa shape index (κ3) is 5.94. The number of anilines is 1. The first-order chi connectivity index (χ1) is 16.5. The Morgan fingerprint density at radius 3 is 2.97 bits per heavy atom. The summed E-state index contributed by atoms with van der Waals surface area (Å²) >= 11 is 0. The van der Waals surface area contributed by atoms with Gasteiger partial charge in [-0.1, -0.05) is 0 Å². The minimum absolute atomic E-state index is 0.00614. The SMILES string of the molecule is COCCCOC1=CC=C2CC1OCC(=O)N(C)CCCN(C)Cc1c[nH]c3c1/C(=N/2)N=CN3. The second-order valence-corrected chi connectivity index (χ2v) is 8.73. The van der Waals surface area contributed by atoms with Crippen LogP contribution in [0.3, 0.4) is 0 Å². The molecule has 0 aromatic carbocycles. The minimum Gasteiger partial charge on any atom is -0.495 e. The molecule has 3 aliphatic rings. The Hall–Kier alpha value is -2.95. The molecule has 1 aromatic rings. The van der Waals surface area contributed by atoms with Crippen molar-refractivity contribution in [1.29, 1.82) is 0 Å². The van der Waals surface area contributed by atoms with Crippen LogP contribution < -0.4 is 5.32 Å². The molecule has 10 nitrogen and oxygen atoms in total. The molecule has 0 saturated carbocycles. The summed E-state index contributed by atoms with van der Waals surface area (Å²) in [7, 11) is 5.57. The maximum atomic E-state index is 12.7. The van der Waals surface area contributed by atoms with Gasteiger partial charge in [0.05, 0.1) is 18.5 Å². The zero-order chi connectivity index (χ0) is 23.9. The molecular weight excluding hydrogens is 436 g/mol. The number of H-pyrrole nitrogens is 1. The summed E-state index contributed by atoms with van der Waals surface area (Å²) in [5.41, 5.74) is 2.93. The van der Waals surface area contributed by atoms with Crippen molar-refractivity contribution in [2.45, 2.75) is 31.9 Å². The van der Waals surface area contributed by atoms with Crippen LogP contribution in [0.4, 0.5) is 5.82 Å². The van der Waals surface area contributed by atoms with E-state index in [2.05, 4.69) is 27.2 Å². The zero-order valence-electron chi connectivity index (χ0n) is 20.2. The Morgan fingerprint density at radius 1 is 1.24 bits per heavy atom. The van der Waals surface area contributed by atoms with Crippen molar-refractivity contribution >= 4 is 23.9 Å². The Balaban J connectivity index is 1.63. The summed E-state index contributed by atoms with van der Waals surface area (Å²) in [5.74, 6) is 2.21. The fourth-order valence-electron chi connectivity index (χ4n) is 4.16. The highest BCUT2D eigenvalue weighted by atomic mass is 16.5. The van der Waals surface area contributed by atoms with Gasteiger partial charge in [-0.25, -0.2) is 9.98 Å². The Morgan fingerprint density at radius 2 is 2.12 bits per heavy atom. The monoisotopic (exact) mass is 470 g/mol. The van der Waals surface area contributed by atoms with Gasteiger partial charge in [0.15, 0.2) is 5.84 Å². The molecule has 0 radical (unpaired) electrons.